The normalized spacial score (nSPS) is 47.5. The van der Waals surface area contributed by atoms with Crippen molar-refractivity contribution in [2.45, 2.75) is 46.6 Å². The number of fused-ring (bicyclic) bond motifs is 2. The second-order valence-electron chi connectivity index (χ2n) is 5.98. The second kappa shape index (κ2) is 2.73. The van der Waals surface area contributed by atoms with Crippen molar-refractivity contribution in [1.82, 2.24) is 0 Å². The van der Waals surface area contributed by atoms with Gasteiger partial charge < -0.3 is 5.11 Å². The lowest BCUT2D eigenvalue weighted by atomic mass is 9.43. The number of hydrogen-bond acceptors (Lipinski definition) is 1. The summed E-state index contributed by atoms with van der Waals surface area (Å²) in [7, 11) is 0. The van der Waals surface area contributed by atoms with Crippen LogP contribution < -0.4 is 0 Å². The number of hydrogen-bond donors (Lipinski definition) is 1. The lowest BCUT2D eigenvalue weighted by Crippen LogP contribution is -2.58. The molecule has 1 heteroatoms. The van der Waals surface area contributed by atoms with Gasteiger partial charge in [-0.05, 0) is 41.9 Å². The first kappa shape index (κ1) is 9.51. The van der Waals surface area contributed by atoms with Crippen LogP contribution in [0.3, 0.4) is 0 Å². The molecule has 1 N–H and O–H groups in total. The molecule has 13 heavy (non-hydrogen) atoms. The summed E-state index contributed by atoms with van der Waals surface area (Å²) in [5, 5.41) is 9.97. The topological polar surface area (TPSA) is 20.2 Å². The molecule has 3 aliphatic carbocycles. The van der Waals surface area contributed by atoms with Gasteiger partial charge in [-0.1, -0.05) is 27.7 Å². The molecule has 3 saturated carbocycles. The fourth-order valence-corrected chi connectivity index (χ4v) is 3.74. The fourth-order valence-electron chi connectivity index (χ4n) is 3.74. The van der Waals surface area contributed by atoms with Crippen LogP contribution in [0.4, 0.5) is 0 Å². The first-order valence-electron chi connectivity index (χ1n) is 5.62. The molecular formula is C12H22O. The summed E-state index contributed by atoms with van der Waals surface area (Å²) in [4.78, 5) is 0. The maximum absolute atomic E-state index is 9.97. The molecule has 0 unspecified atom stereocenters. The zero-order valence-electron chi connectivity index (χ0n) is 9.25. The molecule has 0 heterocycles. The third-order valence-electron chi connectivity index (χ3n) is 4.75. The Kier molecular flexibility index (Phi) is 1.99. The molecule has 2 bridgehead atoms. The van der Waals surface area contributed by atoms with Crippen LogP contribution in [0.15, 0.2) is 0 Å². The van der Waals surface area contributed by atoms with E-state index in [9.17, 15) is 5.11 Å². The van der Waals surface area contributed by atoms with Crippen LogP contribution in [0.5, 0.6) is 0 Å². The Labute approximate surface area is 81.5 Å². The predicted molar refractivity (Wildman–Crippen MR) is 54.3 cm³/mol. The molecule has 0 amide bonds. The Hall–Kier alpha value is -0.0400. The molecule has 3 fully saturated rings. The highest BCUT2D eigenvalue weighted by atomic mass is 16.3. The van der Waals surface area contributed by atoms with Crippen LogP contribution in [0.25, 0.3) is 0 Å². The molecule has 3 aliphatic rings. The van der Waals surface area contributed by atoms with E-state index >= 15 is 0 Å². The molecule has 0 aromatic heterocycles. The Morgan fingerprint density at radius 2 is 1.85 bits per heavy atom. The molecule has 3 rings (SSSR count). The van der Waals surface area contributed by atoms with Gasteiger partial charge in [0, 0.05) is 0 Å². The molecule has 0 aromatic carbocycles. The average Bonchev–Trinajstić information content (AvgIpc) is 2.03. The minimum Gasteiger partial charge on any atom is -0.393 e. The third kappa shape index (κ3) is 1.16. The van der Waals surface area contributed by atoms with E-state index in [0.717, 1.165) is 18.3 Å². The standard InChI is InChI=1S/C12H22O/c1-7(2)11-9-5-8(6-10(11)13)12(9,3)4/h7-11,13H,5-6H2,1-4H3/t8-,9+,10+,11+/m0/s1. The van der Waals surface area contributed by atoms with Gasteiger partial charge in [0.25, 0.3) is 0 Å². The summed E-state index contributed by atoms with van der Waals surface area (Å²) in [6, 6.07) is 0. The van der Waals surface area contributed by atoms with Crippen LogP contribution in [0.2, 0.25) is 0 Å². The summed E-state index contributed by atoms with van der Waals surface area (Å²) in [5.74, 6) is 2.77. The Morgan fingerprint density at radius 1 is 1.23 bits per heavy atom. The Bertz CT molecular complexity index is 207. The molecule has 4 atom stereocenters. The van der Waals surface area contributed by atoms with Crippen LogP contribution in [-0.4, -0.2) is 11.2 Å². The molecule has 76 valence electrons. The predicted octanol–water partition coefficient (Wildman–Crippen LogP) is 2.69. The maximum Gasteiger partial charge on any atom is 0.0576 e. The van der Waals surface area contributed by atoms with Gasteiger partial charge in [0.1, 0.15) is 0 Å². The molecule has 0 aliphatic heterocycles. The highest BCUT2D eigenvalue weighted by molar-refractivity contribution is 5.06. The van der Waals surface area contributed by atoms with Crippen molar-refractivity contribution >= 4 is 0 Å². The number of rotatable bonds is 1. The number of aliphatic hydroxyl groups is 1. The van der Waals surface area contributed by atoms with Crippen molar-refractivity contribution < 1.29 is 5.11 Å². The monoisotopic (exact) mass is 182 g/mol. The van der Waals surface area contributed by atoms with Crippen LogP contribution >= 0.6 is 0 Å². The van der Waals surface area contributed by atoms with E-state index in [2.05, 4.69) is 27.7 Å². The molecule has 0 radical (unpaired) electrons. The maximum atomic E-state index is 9.97. The van der Waals surface area contributed by atoms with Gasteiger partial charge >= 0.3 is 0 Å². The van der Waals surface area contributed by atoms with E-state index in [1.165, 1.54) is 6.42 Å². The first-order chi connectivity index (χ1) is 5.94. The average molecular weight is 182 g/mol. The smallest absolute Gasteiger partial charge is 0.0576 e. The molecule has 0 aromatic rings. The molecular weight excluding hydrogens is 160 g/mol. The SMILES string of the molecule is CC(C)[C@H]1[C@H](O)C[C@@H]2C[C@H]1C2(C)C. The van der Waals surface area contributed by atoms with E-state index < -0.39 is 0 Å². The van der Waals surface area contributed by atoms with Crippen LogP contribution in [-0.2, 0) is 0 Å². The summed E-state index contributed by atoms with van der Waals surface area (Å²) in [6.45, 7) is 9.27. The van der Waals surface area contributed by atoms with Gasteiger partial charge in [-0.25, -0.2) is 0 Å². The summed E-state index contributed by atoms with van der Waals surface area (Å²) < 4.78 is 0. The van der Waals surface area contributed by atoms with Gasteiger partial charge in [0.05, 0.1) is 6.10 Å². The third-order valence-corrected chi connectivity index (χ3v) is 4.75. The lowest BCUT2D eigenvalue weighted by molar-refractivity contribution is -0.172. The van der Waals surface area contributed by atoms with Crippen molar-refractivity contribution in [3.05, 3.63) is 0 Å². The van der Waals surface area contributed by atoms with Gasteiger partial charge in [0.15, 0.2) is 0 Å². The van der Waals surface area contributed by atoms with Crippen molar-refractivity contribution in [3.63, 3.8) is 0 Å². The summed E-state index contributed by atoms with van der Waals surface area (Å²) in [6.07, 6.45) is 2.40. The zero-order chi connectivity index (χ0) is 9.80. The number of aliphatic hydroxyl groups excluding tert-OH is 1. The minimum absolute atomic E-state index is 0.0169. The quantitative estimate of drug-likeness (QED) is 0.661. The zero-order valence-corrected chi connectivity index (χ0v) is 9.25. The van der Waals surface area contributed by atoms with Crippen molar-refractivity contribution in [3.8, 4) is 0 Å². The van der Waals surface area contributed by atoms with Gasteiger partial charge in [-0.2, -0.15) is 0 Å². The van der Waals surface area contributed by atoms with Crippen LogP contribution in [0, 0.1) is 29.1 Å². The minimum atomic E-state index is -0.0169. The van der Waals surface area contributed by atoms with E-state index in [1.54, 1.807) is 0 Å². The Morgan fingerprint density at radius 3 is 2.23 bits per heavy atom. The van der Waals surface area contributed by atoms with E-state index in [0.29, 0.717) is 17.3 Å². The summed E-state index contributed by atoms with van der Waals surface area (Å²) in [5.41, 5.74) is 0.508. The molecule has 0 spiro atoms. The lowest BCUT2D eigenvalue weighted by Gasteiger charge is -2.62. The second-order valence-corrected chi connectivity index (χ2v) is 5.98. The molecule has 1 nitrogen and oxygen atoms in total. The van der Waals surface area contributed by atoms with Gasteiger partial charge in [0.2, 0.25) is 0 Å². The van der Waals surface area contributed by atoms with Crippen molar-refractivity contribution in [2.75, 3.05) is 0 Å². The van der Waals surface area contributed by atoms with E-state index in [4.69, 9.17) is 0 Å². The van der Waals surface area contributed by atoms with E-state index in [1.807, 2.05) is 0 Å². The van der Waals surface area contributed by atoms with Gasteiger partial charge in [-0.15, -0.1) is 0 Å². The van der Waals surface area contributed by atoms with Gasteiger partial charge in [-0.3, -0.25) is 0 Å². The molecule has 0 saturated heterocycles. The van der Waals surface area contributed by atoms with E-state index in [-0.39, 0.29) is 6.10 Å². The Balaban J connectivity index is 2.18. The van der Waals surface area contributed by atoms with Crippen LogP contribution in [0.1, 0.15) is 40.5 Å². The first-order valence-corrected chi connectivity index (χ1v) is 5.62. The van der Waals surface area contributed by atoms with Crippen molar-refractivity contribution in [2.24, 2.45) is 29.1 Å². The fraction of sp³-hybridized carbons (Fsp3) is 1.00. The largest absolute Gasteiger partial charge is 0.393 e. The summed E-state index contributed by atoms with van der Waals surface area (Å²) >= 11 is 0. The van der Waals surface area contributed by atoms with Crippen molar-refractivity contribution in [1.29, 1.82) is 0 Å². The highest BCUT2D eigenvalue weighted by Gasteiger charge is 2.57. The highest BCUT2D eigenvalue weighted by Crippen LogP contribution is 2.62.